The summed E-state index contributed by atoms with van der Waals surface area (Å²) in [6.45, 7) is 3.53. The Morgan fingerprint density at radius 1 is 1.53 bits per heavy atom. The molecule has 0 aromatic heterocycles. The van der Waals surface area contributed by atoms with Crippen molar-refractivity contribution in [2.45, 2.75) is 26.3 Å². The molecule has 1 atom stereocenters. The second-order valence-electron chi connectivity index (χ2n) is 4.66. The van der Waals surface area contributed by atoms with Crippen molar-refractivity contribution in [3.05, 3.63) is 28.2 Å². The summed E-state index contributed by atoms with van der Waals surface area (Å²) < 4.78 is 0.902. The van der Waals surface area contributed by atoms with Crippen LogP contribution in [0.2, 0.25) is 0 Å². The summed E-state index contributed by atoms with van der Waals surface area (Å²) in [6.07, 6.45) is 2.11. The Balaban J connectivity index is 2.09. The predicted octanol–water partition coefficient (Wildman–Crippen LogP) is 2.79. The molecule has 1 heterocycles. The summed E-state index contributed by atoms with van der Waals surface area (Å²) >= 11 is 3.37. The van der Waals surface area contributed by atoms with Crippen LogP contribution < -0.4 is 5.73 Å². The molecule has 1 aliphatic heterocycles. The number of nitrogens with two attached hydrogens (primary N) is 1. The fraction of sp³-hybridized carbons (Fsp3) is 0.462. The van der Waals surface area contributed by atoms with Gasteiger partial charge in [-0.2, -0.15) is 0 Å². The zero-order valence-corrected chi connectivity index (χ0v) is 11.5. The number of likely N-dealkylation sites (tertiary alicyclic amines) is 1. The topological polar surface area (TPSA) is 46.3 Å². The molecule has 1 saturated heterocycles. The molecule has 17 heavy (non-hydrogen) atoms. The highest BCUT2D eigenvalue weighted by atomic mass is 79.9. The molecule has 2 N–H and O–H groups in total. The van der Waals surface area contributed by atoms with Gasteiger partial charge in [-0.3, -0.25) is 4.79 Å². The molecule has 1 amide bonds. The van der Waals surface area contributed by atoms with Crippen molar-refractivity contribution in [2.75, 3.05) is 12.3 Å². The van der Waals surface area contributed by atoms with Gasteiger partial charge >= 0.3 is 0 Å². The van der Waals surface area contributed by atoms with Gasteiger partial charge < -0.3 is 10.6 Å². The van der Waals surface area contributed by atoms with E-state index in [2.05, 4.69) is 15.9 Å². The van der Waals surface area contributed by atoms with E-state index in [1.807, 2.05) is 30.0 Å². The van der Waals surface area contributed by atoms with Crippen LogP contribution in [0.3, 0.4) is 0 Å². The van der Waals surface area contributed by atoms with Crippen molar-refractivity contribution in [3.8, 4) is 0 Å². The summed E-state index contributed by atoms with van der Waals surface area (Å²) in [7, 11) is 0. The lowest BCUT2D eigenvalue weighted by atomic mass is 9.98. The van der Waals surface area contributed by atoms with Gasteiger partial charge in [-0.15, -0.1) is 0 Å². The van der Waals surface area contributed by atoms with Crippen molar-refractivity contribution in [3.63, 3.8) is 0 Å². The number of halogens is 1. The van der Waals surface area contributed by atoms with E-state index in [0.717, 1.165) is 35.1 Å². The largest absolute Gasteiger partial charge is 0.398 e. The summed E-state index contributed by atoms with van der Waals surface area (Å²) in [4.78, 5) is 13.9. The number of hydrogen-bond acceptors (Lipinski definition) is 2. The number of piperidine rings is 1. The third-order valence-corrected chi connectivity index (χ3v) is 3.95. The fourth-order valence-electron chi connectivity index (χ4n) is 2.20. The van der Waals surface area contributed by atoms with Crippen LogP contribution in [0.1, 0.15) is 25.3 Å². The first-order valence-corrected chi connectivity index (χ1v) is 6.70. The molecule has 0 saturated carbocycles. The molecule has 1 aromatic carbocycles. The normalized spacial score (nSPS) is 20.7. The molecule has 4 heteroatoms. The van der Waals surface area contributed by atoms with E-state index in [0.29, 0.717) is 6.54 Å². The second-order valence-corrected chi connectivity index (χ2v) is 5.51. The lowest BCUT2D eigenvalue weighted by molar-refractivity contribution is -0.138. The molecular formula is C13H17BrN2O. The van der Waals surface area contributed by atoms with Crippen LogP contribution in [-0.2, 0) is 11.3 Å². The molecule has 1 unspecified atom stereocenters. The average Bonchev–Trinajstić information content (AvgIpc) is 2.30. The van der Waals surface area contributed by atoms with Crippen molar-refractivity contribution in [1.82, 2.24) is 4.90 Å². The molecule has 0 aliphatic carbocycles. The van der Waals surface area contributed by atoms with Gasteiger partial charge in [0, 0.05) is 29.2 Å². The zero-order chi connectivity index (χ0) is 12.4. The number of nitrogens with zero attached hydrogens (tertiary/aromatic N) is 1. The van der Waals surface area contributed by atoms with E-state index >= 15 is 0 Å². The van der Waals surface area contributed by atoms with Gasteiger partial charge in [0.2, 0.25) is 5.91 Å². The lowest BCUT2D eigenvalue weighted by Crippen LogP contribution is -2.39. The van der Waals surface area contributed by atoms with Gasteiger partial charge in [-0.25, -0.2) is 0 Å². The number of rotatable bonds is 2. The molecular weight excluding hydrogens is 280 g/mol. The number of nitrogen functional groups attached to an aromatic ring is 1. The Morgan fingerprint density at radius 2 is 2.29 bits per heavy atom. The monoisotopic (exact) mass is 296 g/mol. The van der Waals surface area contributed by atoms with Gasteiger partial charge in [0.15, 0.2) is 0 Å². The SMILES string of the molecule is CC1CCCN(Cc2ccc(Br)c(N)c2)C1=O. The maximum atomic E-state index is 12.0. The summed E-state index contributed by atoms with van der Waals surface area (Å²) in [5, 5.41) is 0. The highest BCUT2D eigenvalue weighted by Crippen LogP contribution is 2.23. The lowest BCUT2D eigenvalue weighted by Gasteiger charge is -2.30. The molecule has 92 valence electrons. The Kier molecular flexibility index (Phi) is 3.72. The van der Waals surface area contributed by atoms with E-state index in [9.17, 15) is 4.79 Å². The Hall–Kier alpha value is -1.03. The maximum Gasteiger partial charge on any atom is 0.225 e. The number of anilines is 1. The Bertz CT molecular complexity index is 433. The van der Waals surface area contributed by atoms with Gasteiger partial charge in [0.1, 0.15) is 0 Å². The van der Waals surface area contributed by atoms with Crippen LogP contribution in [0.25, 0.3) is 0 Å². The van der Waals surface area contributed by atoms with E-state index in [1.54, 1.807) is 0 Å². The molecule has 1 aromatic rings. The molecule has 2 rings (SSSR count). The molecule has 1 aliphatic rings. The summed E-state index contributed by atoms with van der Waals surface area (Å²) in [5.74, 6) is 0.425. The fourth-order valence-corrected chi connectivity index (χ4v) is 2.45. The first-order chi connectivity index (χ1) is 8.08. The van der Waals surface area contributed by atoms with E-state index in [4.69, 9.17) is 5.73 Å². The highest BCUT2D eigenvalue weighted by Gasteiger charge is 2.24. The van der Waals surface area contributed by atoms with Crippen LogP contribution in [0.4, 0.5) is 5.69 Å². The number of amides is 1. The smallest absolute Gasteiger partial charge is 0.225 e. The van der Waals surface area contributed by atoms with Gasteiger partial charge in [-0.05, 0) is 46.5 Å². The van der Waals surface area contributed by atoms with Crippen molar-refractivity contribution in [1.29, 1.82) is 0 Å². The number of carbonyl (C=O) groups excluding carboxylic acids is 1. The highest BCUT2D eigenvalue weighted by molar-refractivity contribution is 9.10. The van der Waals surface area contributed by atoms with E-state index in [1.165, 1.54) is 0 Å². The Morgan fingerprint density at radius 3 is 3.00 bits per heavy atom. The average molecular weight is 297 g/mol. The number of benzene rings is 1. The van der Waals surface area contributed by atoms with Crippen LogP contribution >= 0.6 is 15.9 Å². The standard InChI is InChI=1S/C13H17BrN2O/c1-9-3-2-6-16(13(9)17)8-10-4-5-11(14)12(15)7-10/h4-5,7,9H,2-3,6,8,15H2,1H3. The van der Waals surface area contributed by atoms with Gasteiger partial charge in [0.25, 0.3) is 0 Å². The van der Waals surface area contributed by atoms with Crippen LogP contribution in [0, 0.1) is 5.92 Å². The molecule has 0 bridgehead atoms. The molecule has 0 radical (unpaired) electrons. The van der Waals surface area contributed by atoms with Crippen molar-refractivity contribution >= 4 is 27.5 Å². The van der Waals surface area contributed by atoms with Crippen LogP contribution in [0.5, 0.6) is 0 Å². The Labute approximate surface area is 110 Å². The maximum absolute atomic E-state index is 12.0. The number of carbonyl (C=O) groups is 1. The summed E-state index contributed by atoms with van der Waals surface area (Å²) in [6, 6.07) is 5.87. The van der Waals surface area contributed by atoms with Crippen molar-refractivity contribution in [2.24, 2.45) is 5.92 Å². The zero-order valence-electron chi connectivity index (χ0n) is 9.95. The van der Waals surface area contributed by atoms with Gasteiger partial charge in [-0.1, -0.05) is 13.0 Å². The third kappa shape index (κ3) is 2.80. The van der Waals surface area contributed by atoms with Gasteiger partial charge in [0.05, 0.1) is 0 Å². The minimum atomic E-state index is 0.163. The molecule has 0 spiro atoms. The predicted molar refractivity (Wildman–Crippen MR) is 72.4 cm³/mol. The quantitative estimate of drug-likeness (QED) is 0.853. The first kappa shape index (κ1) is 12.4. The van der Waals surface area contributed by atoms with Crippen LogP contribution in [0.15, 0.2) is 22.7 Å². The van der Waals surface area contributed by atoms with Crippen molar-refractivity contribution < 1.29 is 4.79 Å². The second kappa shape index (κ2) is 5.08. The summed E-state index contributed by atoms with van der Waals surface area (Å²) in [5.41, 5.74) is 7.65. The third-order valence-electron chi connectivity index (χ3n) is 3.23. The molecule has 3 nitrogen and oxygen atoms in total. The minimum Gasteiger partial charge on any atom is -0.398 e. The molecule has 1 fully saturated rings. The number of hydrogen-bond donors (Lipinski definition) is 1. The van der Waals surface area contributed by atoms with Crippen LogP contribution in [-0.4, -0.2) is 17.4 Å². The van der Waals surface area contributed by atoms with E-state index < -0.39 is 0 Å². The first-order valence-electron chi connectivity index (χ1n) is 5.90. The van der Waals surface area contributed by atoms with E-state index in [-0.39, 0.29) is 11.8 Å². The minimum absolute atomic E-state index is 0.163.